The molecule has 1 aliphatic carbocycles. The third-order valence-corrected chi connectivity index (χ3v) is 6.24. The Labute approximate surface area is 169 Å². The van der Waals surface area contributed by atoms with Crippen LogP contribution in [0.25, 0.3) is 21.9 Å². The highest BCUT2D eigenvalue weighted by atomic mass is 16.3. The fraction of sp³-hybridized carbons (Fsp3) is 0.231. The highest BCUT2D eigenvalue weighted by molar-refractivity contribution is 6.24. The van der Waals surface area contributed by atoms with Gasteiger partial charge in [-0.1, -0.05) is 79.9 Å². The Hall–Kier alpha value is -3.04. The molecule has 0 heterocycles. The van der Waals surface area contributed by atoms with Gasteiger partial charge in [-0.15, -0.1) is 0 Å². The maximum Gasteiger partial charge on any atom is 0.195 e. The summed E-state index contributed by atoms with van der Waals surface area (Å²) >= 11 is 0. The van der Waals surface area contributed by atoms with E-state index >= 15 is 0 Å². The molecule has 144 valence electrons. The van der Waals surface area contributed by atoms with Crippen LogP contribution in [0.1, 0.15) is 53.6 Å². The zero-order valence-corrected chi connectivity index (χ0v) is 16.2. The SMILES string of the molecule is O=C(c1ccccc1)c1cc(C2(O)CCCCC2)c(-c2ccccc2)c2c(=O)c12. The predicted molar refractivity (Wildman–Crippen MR) is 115 cm³/mol. The number of hydrogen-bond acceptors (Lipinski definition) is 3. The van der Waals surface area contributed by atoms with E-state index in [9.17, 15) is 14.7 Å². The number of carbonyl (C=O) groups excluding carboxylic acids is 1. The maximum atomic E-state index is 13.2. The molecule has 0 atom stereocenters. The van der Waals surface area contributed by atoms with Crippen LogP contribution in [-0.4, -0.2) is 10.9 Å². The molecule has 3 heteroatoms. The van der Waals surface area contributed by atoms with Gasteiger partial charge in [0.05, 0.1) is 5.60 Å². The van der Waals surface area contributed by atoms with Crippen LogP contribution >= 0.6 is 0 Å². The number of hydrogen-bond donors (Lipinski definition) is 1. The summed E-state index contributed by atoms with van der Waals surface area (Å²) < 4.78 is 0. The van der Waals surface area contributed by atoms with Gasteiger partial charge in [0.2, 0.25) is 0 Å². The van der Waals surface area contributed by atoms with Gasteiger partial charge < -0.3 is 5.11 Å². The predicted octanol–water partition coefficient (Wildman–Crippen LogP) is 5.13. The quantitative estimate of drug-likeness (QED) is 0.498. The zero-order valence-electron chi connectivity index (χ0n) is 16.2. The third-order valence-electron chi connectivity index (χ3n) is 6.24. The molecular formula is C26H22O3. The van der Waals surface area contributed by atoms with Crippen LogP contribution in [0.15, 0.2) is 71.5 Å². The summed E-state index contributed by atoms with van der Waals surface area (Å²) in [6.07, 6.45) is 4.29. The van der Waals surface area contributed by atoms with Crippen LogP contribution in [0.4, 0.5) is 0 Å². The van der Waals surface area contributed by atoms with Crippen molar-refractivity contribution in [1.82, 2.24) is 0 Å². The molecule has 1 saturated carbocycles. The van der Waals surface area contributed by atoms with Crippen LogP contribution in [0.5, 0.6) is 0 Å². The fourth-order valence-electron chi connectivity index (χ4n) is 4.69. The molecule has 1 aliphatic rings. The minimum Gasteiger partial charge on any atom is -0.385 e. The average Bonchev–Trinajstić information content (AvgIpc) is 3.45. The Morgan fingerprint density at radius 1 is 0.828 bits per heavy atom. The van der Waals surface area contributed by atoms with E-state index in [1.54, 1.807) is 18.2 Å². The zero-order chi connectivity index (χ0) is 20.0. The van der Waals surface area contributed by atoms with Gasteiger partial charge in [0, 0.05) is 21.9 Å². The summed E-state index contributed by atoms with van der Waals surface area (Å²) in [5.74, 6) is -0.159. The van der Waals surface area contributed by atoms with Crippen molar-refractivity contribution in [1.29, 1.82) is 0 Å². The minimum atomic E-state index is -1.01. The lowest BCUT2D eigenvalue weighted by Crippen LogP contribution is -2.29. The highest BCUT2D eigenvalue weighted by Crippen LogP contribution is 2.46. The highest BCUT2D eigenvalue weighted by Gasteiger charge is 2.38. The topological polar surface area (TPSA) is 54.4 Å². The van der Waals surface area contributed by atoms with Gasteiger partial charge in [0.15, 0.2) is 11.2 Å². The second-order valence-corrected chi connectivity index (χ2v) is 8.08. The van der Waals surface area contributed by atoms with Gasteiger partial charge in [-0.25, -0.2) is 0 Å². The number of benzene rings is 3. The first-order chi connectivity index (χ1) is 14.1. The van der Waals surface area contributed by atoms with Crippen LogP contribution < -0.4 is 5.43 Å². The Balaban J connectivity index is 1.76. The van der Waals surface area contributed by atoms with Crippen molar-refractivity contribution in [2.45, 2.75) is 37.7 Å². The molecule has 1 fully saturated rings. The molecule has 0 saturated heterocycles. The molecule has 0 spiro atoms. The van der Waals surface area contributed by atoms with Gasteiger partial charge in [-0.05, 0) is 35.6 Å². The van der Waals surface area contributed by atoms with Gasteiger partial charge in [0.25, 0.3) is 0 Å². The molecule has 4 aromatic rings. The number of aliphatic hydroxyl groups is 1. The molecule has 5 rings (SSSR count). The third kappa shape index (κ3) is 2.93. The van der Waals surface area contributed by atoms with E-state index in [-0.39, 0.29) is 11.2 Å². The van der Waals surface area contributed by atoms with Crippen molar-refractivity contribution in [2.75, 3.05) is 0 Å². The Morgan fingerprint density at radius 3 is 2.10 bits per heavy atom. The molecule has 3 nitrogen and oxygen atoms in total. The lowest BCUT2D eigenvalue weighted by Gasteiger charge is -2.34. The molecule has 0 radical (unpaired) electrons. The van der Waals surface area contributed by atoms with Crippen molar-refractivity contribution in [3.63, 3.8) is 0 Å². The van der Waals surface area contributed by atoms with Gasteiger partial charge >= 0.3 is 0 Å². The number of ketones is 1. The summed E-state index contributed by atoms with van der Waals surface area (Å²) in [4.78, 5) is 26.0. The molecule has 4 aromatic carbocycles. The van der Waals surface area contributed by atoms with Crippen molar-refractivity contribution in [3.05, 3.63) is 93.6 Å². The van der Waals surface area contributed by atoms with E-state index < -0.39 is 5.60 Å². The summed E-state index contributed by atoms with van der Waals surface area (Å²) in [5, 5.41) is 12.7. The second kappa shape index (κ2) is 6.78. The van der Waals surface area contributed by atoms with E-state index in [0.29, 0.717) is 34.7 Å². The maximum absolute atomic E-state index is 13.2. The minimum absolute atomic E-state index is 0.0752. The standard InChI is InChI=1S/C26H22O3/c27-24(18-12-6-2-7-13-18)19-16-20(26(29)14-8-3-9-15-26)21(23-22(19)25(23)28)17-10-4-1-5-11-17/h1-2,4-7,10-13,16,29H,3,8-9,14-15H2. The first-order valence-electron chi connectivity index (χ1n) is 10.2. The summed E-state index contributed by atoms with van der Waals surface area (Å²) in [6.45, 7) is 0. The van der Waals surface area contributed by atoms with Crippen molar-refractivity contribution >= 4 is 16.6 Å². The van der Waals surface area contributed by atoms with Crippen LogP contribution in [0.2, 0.25) is 0 Å². The summed E-state index contributed by atoms with van der Waals surface area (Å²) in [7, 11) is 0. The molecule has 0 unspecified atom stereocenters. The number of carbonyl (C=O) groups is 1. The van der Waals surface area contributed by atoms with Crippen LogP contribution in [0.3, 0.4) is 0 Å². The van der Waals surface area contributed by atoms with Crippen molar-refractivity contribution in [2.24, 2.45) is 0 Å². The largest absolute Gasteiger partial charge is 0.385 e. The summed E-state index contributed by atoms with van der Waals surface area (Å²) in [5.41, 5.74) is 2.35. The Bertz CT molecular complexity index is 1210. The van der Waals surface area contributed by atoms with Gasteiger partial charge in [0.1, 0.15) is 0 Å². The molecule has 0 bridgehead atoms. The Kier molecular flexibility index (Phi) is 4.21. The molecular weight excluding hydrogens is 360 g/mol. The molecule has 0 amide bonds. The van der Waals surface area contributed by atoms with E-state index in [1.807, 2.05) is 48.5 Å². The van der Waals surface area contributed by atoms with Crippen LogP contribution in [-0.2, 0) is 5.60 Å². The number of rotatable bonds is 4. The second-order valence-electron chi connectivity index (χ2n) is 8.08. The van der Waals surface area contributed by atoms with Crippen molar-refractivity contribution < 1.29 is 9.90 Å². The molecule has 0 aliphatic heterocycles. The molecule has 29 heavy (non-hydrogen) atoms. The Morgan fingerprint density at radius 2 is 1.45 bits per heavy atom. The van der Waals surface area contributed by atoms with Crippen LogP contribution in [0, 0.1) is 0 Å². The lowest BCUT2D eigenvalue weighted by molar-refractivity contribution is -0.00000539. The first-order valence-corrected chi connectivity index (χ1v) is 10.2. The van der Waals surface area contributed by atoms with Gasteiger partial charge in [-0.3, -0.25) is 9.59 Å². The lowest BCUT2D eigenvalue weighted by atomic mass is 9.76. The summed E-state index contributed by atoms with van der Waals surface area (Å²) in [6, 6.07) is 20.6. The molecule has 1 N–H and O–H groups in total. The number of fused-ring (bicyclic) bond motifs is 1. The van der Waals surface area contributed by atoms with E-state index in [1.165, 1.54) is 0 Å². The van der Waals surface area contributed by atoms with E-state index in [4.69, 9.17) is 0 Å². The monoisotopic (exact) mass is 382 g/mol. The van der Waals surface area contributed by atoms with Gasteiger partial charge in [-0.2, -0.15) is 0 Å². The smallest absolute Gasteiger partial charge is 0.195 e. The normalized spacial score (nSPS) is 16.3. The van der Waals surface area contributed by atoms with E-state index in [0.717, 1.165) is 36.0 Å². The molecule has 0 aromatic heterocycles. The van der Waals surface area contributed by atoms with E-state index in [2.05, 4.69) is 0 Å². The fourth-order valence-corrected chi connectivity index (χ4v) is 4.69. The first kappa shape index (κ1) is 18.0. The van der Waals surface area contributed by atoms with Crippen molar-refractivity contribution in [3.8, 4) is 11.1 Å². The average molecular weight is 382 g/mol.